The molecule has 0 aromatic carbocycles. The topological polar surface area (TPSA) is 47.0 Å². The molecule has 2 rings (SSSR count). The van der Waals surface area contributed by atoms with Gasteiger partial charge in [0.1, 0.15) is 17.5 Å². The van der Waals surface area contributed by atoms with Crippen LogP contribution < -0.4 is 5.32 Å². The van der Waals surface area contributed by atoms with E-state index in [0.29, 0.717) is 13.2 Å². The van der Waals surface area contributed by atoms with E-state index in [9.17, 15) is 0 Å². The molecule has 0 unspecified atom stereocenters. The van der Waals surface area contributed by atoms with Gasteiger partial charge in [0.15, 0.2) is 5.82 Å². The number of rotatable bonds is 8. The second kappa shape index (κ2) is 8.47. The van der Waals surface area contributed by atoms with Crippen LogP contribution in [0, 0.1) is 0 Å². The van der Waals surface area contributed by atoms with Crippen LogP contribution in [-0.2, 0) is 11.3 Å². The number of hydrogen-bond donors (Lipinski definition) is 1. The van der Waals surface area contributed by atoms with Crippen molar-refractivity contribution in [3.63, 3.8) is 0 Å². The van der Waals surface area contributed by atoms with E-state index < -0.39 is 0 Å². The molecule has 4 nitrogen and oxygen atoms in total. The van der Waals surface area contributed by atoms with Crippen LogP contribution in [-0.4, -0.2) is 28.4 Å². The number of ether oxygens (including phenoxy) is 1. The SMILES string of the molecule is CCCNc1cc(SC2CCCC2)nc(COCC)n1. The van der Waals surface area contributed by atoms with Gasteiger partial charge in [0.2, 0.25) is 0 Å². The lowest BCUT2D eigenvalue weighted by Gasteiger charge is -2.12. The first-order valence-corrected chi connectivity index (χ1v) is 8.56. The van der Waals surface area contributed by atoms with Crippen molar-refractivity contribution in [3.05, 3.63) is 11.9 Å². The normalized spacial score (nSPS) is 15.7. The van der Waals surface area contributed by atoms with Gasteiger partial charge in [0, 0.05) is 24.5 Å². The Morgan fingerprint density at radius 2 is 2.10 bits per heavy atom. The largest absolute Gasteiger partial charge is 0.374 e. The predicted octanol–water partition coefficient (Wildman–Crippen LogP) is 3.87. The number of nitrogens with zero attached hydrogens (tertiary/aromatic N) is 2. The molecule has 5 heteroatoms. The number of thioether (sulfide) groups is 1. The maximum atomic E-state index is 5.44. The molecule has 0 atom stereocenters. The third-order valence-electron chi connectivity index (χ3n) is 3.33. The van der Waals surface area contributed by atoms with Crippen LogP contribution in [0.4, 0.5) is 5.82 Å². The summed E-state index contributed by atoms with van der Waals surface area (Å²) in [7, 11) is 0. The van der Waals surface area contributed by atoms with Crippen molar-refractivity contribution in [2.45, 2.75) is 62.8 Å². The van der Waals surface area contributed by atoms with E-state index in [1.54, 1.807) is 0 Å². The summed E-state index contributed by atoms with van der Waals surface area (Å²) < 4.78 is 5.44. The molecule has 1 aromatic heterocycles. The number of hydrogen-bond acceptors (Lipinski definition) is 5. The number of anilines is 1. The fourth-order valence-electron chi connectivity index (χ4n) is 2.31. The molecule has 0 bridgehead atoms. The molecular formula is C15H25N3OS. The van der Waals surface area contributed by atoms with E-state index in [2.05, 4.69) is 28.3 Å². The molecule has 0 radical (unpaired) electrons. The van der Waals surface area contributed by atoms with E-state index in [0.717, 1.165) is 34.9 Å². The Bertz CT molecular complexity index is 382. The van der Waals surface area contributed by atoms with Crippen LogP contribution in [0.5, 0.6) is 0 Å². The summed E-state index contributed by atoms with van der Waals surface area (Å²) in [5, 5.41) is 5.17. The standard InChI is InChI=1S/C15H25N3OS/c1-3-9-16-13-10-15(20-12-7-5-6-8-12)18-14(17-13)11-19-4-2/h10,12H,3-9,11H2,1-2H3,(H,16,17,18). The molecule has 0 aliphatic heterocycles. The minimum Gasteiger partial charge on any atom is -0.374 e. The molecule has 112 valence electrons. The maximum Gasteiger partial charge on any atom is 0.157 e. The van der Waals surface area contributed by atoms with Gasteiger partial charge in [-0.2, -0.15) is 0 Å². The Labute approximate surface area is 126 Å². The molecule has 1 aromatic rings. The summed E-state index contributed by atoms with van der Waals surface area (Å²) in [5.74, 6) is 1.71. The summed E-state index contributed by atoms with van der Waals surface area (Å²) in [5.41, 5.74) is 0. The van der Waals surface area contributed by atoms with Crippen LogP contribution in [0.1, 0.15) is 51.8 Å². The monoisotopic (exact) mass is 295 g/mol. The zero-order valence-corrected chi connectivity index (χ0v) is 13.3. The lowest BCUT2D eigenvalue weighted by Crippen LogP contribution is -2.08. The summed E-state index contributed by atoms with van der Waals surface area (Å²) in [6.45, 7) is 6.28. The maximum absolute atomic E-state index is 5.44. The van der Waals surface area contributed by atoms with Crippen molar-refractivity contribution < 1.29 is 4.74 Å². The lowest BCUT2D eigenvalue weighted by atomic mass is 10.4. The first-order valence-electron chi connectivity index (χ1n) is 7.68. The summed E-state index contributed by atoms with van der Waals surface area (Å²) in [4.78, 5) is 9.15. The van der Waals surface area contributed by atoms with Crippen molar-refractivity contribution in [2.24, 2.45) is 0 Å². The van der Waals surface area contributed by atoms with Crippen molar-refractivity contribution in [1.29, 1.82) is 0 Å². The highest BCUT2D eigenvalue weighted by Gasteiger charge is 2.17. The Hall–Kier alpha value is -0.810. The molecule has 1 heterocycles. The quantitative estimate of drug-likeness (QED) is 0.738. The van der Waals surface area contributed by atoms with Crippen LogP contribution in [0.15, 0.2) is 11.1 Å². The van der Waals surface area contributed by atoms with Gasteiger partial charge in [-0.3, -0.25) is 0 Å². The minimum absolute atomic E-state index is 0.496. The Morgan fingerprint density at radius 1 is 1.30 bits per heavy atom. The highest BCUT2D eigenvalue weighted by Crippen LogP contribution is 2.34. The van der Waals surface area contributed by atoms with Gasteiger partial charge in [-0.05, 0) is 26.2 Å². The van der Waals surface area contributed by atoms with Gasteiger partial charge in [0.05, 0.1) is 0 Å². The Balaban J connectivity index is 2.06. The van der Waals surface area contributed by atoms with E-state index in [4.69, 9.17) is 4.74 Å². The number of nitrogens with one attached hydrogen (secondary N) is 1. The molecule has 0 saturated heterocycles. The van der Waals surface area contributed by atoms with E-state index >= 15 is 0 Å². The van der Waals surface area contributed by atoms with Gasteiger partial charge in [-0.25, -0.2) is 9.97 Å². The zero-order valence-electron chi connectivity index (χ0n) is 12.5. The smallest absolute Gasteiger partial charge is 0.157 e. The minimum atomic E-state index is 0.496. The lowest BCUT2D eigenvalue weighted by molar-refractivity contribution is 0.128. The molecule has 1 fully saturated rings. The van der Waals surface area contributed by atoms with E-state index in [1.807, 2.05) is 18.7 Å². The molecule has 1 N–H and O–H groups in total. The third-order valence-corrected chi connectivity index (χ3v) is 4.59. The number of aromatic nitrogens is 2. The second-order valence-corrected chi connectivity index (χ2v) is 6.42. The average Bonchev–Trinajstić information content (AvgIpc) is 2.95. The molecule has 0 amide bonds. The van der Waals surface area contributed by atoms with Crippen LogP contribution in [0.25, 0.3) is 0 Å². The zero-order chi connectivity index (χ0) is 14.2. The second-order valence-electron chi connectivity index (χ2n) is 5.10. The molecular weight excluding hydrogens is 270 g/mol. The third kappa shape index (κ3) is 4.94. The van der Waals surface area contributed by atoms with Gasteiger partial charge in [-0.15, -0.1) is 11.8 Å². The Kier molecular flexibility index (Phi) is 6.60. The van der Waals surface area contributed by atoms with Crippen LogP contribution in [0.3, 0.4) is 0 Å². The van der Waals surface area contributed by atoms with Crippen LogP contribution >= 0.6 is 11.8 Å². The van der Waals surface area contributed by atoms with E-state index in [1.165, 1.54) is 25.7 Å². The van der Waals surface area contributed by atoms with Crippen molar-refractivity contribution in [3.8, 4) is 0 Å². The van der Waals surface area contributed by atoms with Crippen molar-refractivity contribution in [2.75, 3.05) is 18.5 Å². The molecule has 1 saturated carbocycles. The van der Waals surface area contributed by atoms with Gasteiger partial charge in [-0.1, -0.05) is 19.8 Å². The average molecular weight is 295 g/mol. The molecule has 1 aliphatic carbocycles. The highest BCUT2D eigenvalue weighted by atomic mass is 32.2. The summed E-state index contributed by atoms with van der Waals surface area (Å²) >= 11 is 1.90. The van der Waals surface area contributed by atoms with Crippen molar-refractivity contribution >= 4 is 17.6 Å². The molecule has 0 spiro atoms. The fourth-order valence-corrected chi connectivity index (χ4v) is 3.56. The van der Waals surface area contributed by atoms with E-state index in [-0.39, 0.29) is 0 Å². The first kappa shape index (κ1) is 15.6. The van der Waals surface area contributed by atoms with Crippen LogP contribution in [0.2, 0.25) is 0 Å². The predicted molar refractivity (Wildman–Crippen MR) is 84.3 cm³/mol. The van der Waals surface area contributed by atoms with Gasteiger partial charge < -0.3 is 10.1 Å². The summed E-state index contributed by atoms with van der Waals surface area (Å²) in [6, 6.07) is 2.08. The van der Waals surface area contributed by atoms with Gasteiger partial charge in [0.25, 0.3) is 0 Å². The summed E-state index contributed by atoms with van der Waals surface area (Å²) in [6.07, 6.45) is 6.43. The fraction of sp³-hybridized carbons (Fsp3) is 0.733. The van der Waals surface area contributed by atoms with Gasteiger partial charge >= 0.3 is 0 Å². The molecule has 20 heavy (non-hydrogen) atoms. The molecule has 1 aliphatic rings. The first-order chi connectivity index (χ1) is 9.81. The Morgan fingerprint density at radius 3 is 2.80 bits per heavy atom. The highest BCUT2D eigenvalue weighted by molar-refractivity contribution is 7.99. The van der Waals surface area contributed by atoms with Crippen molar-refractivity contribution in [1.82, 2.24) is 9.97 Å².